The second-order valence-corrected chi connectivity index (χ2v) is 6.06. The van der Waals surface area contributed by atoms with Crippen LogP contribution in [0.2, 0.25) is 0 Å². The van der Waals surface area contributed by atoms with Gasteiger partial charge in [0.05, 0.1) is 7.11 Å². The van der Waals surface area contributed by atoms with Crippen molar-refractivity contribution in [3.63, 3.8) is 0 Å². The fourth-order valence-corrected chi connectivity index (χ4v) is 3.64. The van der Waals surface area contributed by atoms with E-state index < -0.39 is 0 Å². The molecule has 4 heteroatoms. The monoisotopic (exact) mass is 278 g/mol. The maximum atomic E-state index is 14.2. The summed E-state index contributed by atoms with van der Waals surface area (Å²) in [6, 6.07) is 5.40. The molecule has 0 atom stereocenters. The van der Waals surface area contributed by atoms with Crippen LogP contribution >= 0.6 is 0 Å². The molecule has 0 bridgehead atoms. The molecule has 1 saturated heterocycles. The van der Waals surface area contributed by atoms with E-state index in [1.54, 1.807) is 6.07 Å². The van der Waals surface area contributed by atoms with Gasteiger partial charge >= 0.3 is 0 Å². The van der Waals surface area contributed by atoms with E-state index in [1.807, 2.05) is 12.1 Å². The van der Waals surface area contributed by atoms with Crippen LogP contribution in [0.4, 0.5) is 4.39 Å². The van der Waals surface area contributed by atoms with Crippen molar-refractivity contribution in [1.29, 1.82) is 0 Å². The van der Waals surface area contributed by atoms with Gasteiger partial charge in [-0.3, -0.25) is 4.90 Å². The molecule has 3 nitrogen and oxygen atoms in total. The molecule has 20 heavy (non-hydrogen) atoms. The van der Waals surface area contributed by atoms with Gasteiger partial charge in [0.15, 0.2) is 11.6 Å². The van der Waals surface area contributed by atoms with Crippen LogP contribution in [-0.2, 0) is 6.54 Å². The third-order valence-electron chi connectivity index (χ3n) is 4.67. The fraction of sp³-hybridized carbons (Fsp3) is 0.625. The molecule has 0 aromatic heterocycles. The Kier molecular flexibility index (Phi) is 3.94. The summed E-state index contributed by atoms with van der Waals surface area (Å²) < 4.78 is 19.3. The van der Waals surface area contributed by atoms with E-state index in [4.69, 9.17) is 4.74 Å². The van der Waals surface area contributed by atoms with Gasteiger partial charge in [0.25, 0.3) is 0 Å². The standard InChI is InChI=1S/C16H23FN2O/c1-20-14-6-4-5-13(15(14)17)11-19-10-9-18-16(12-19)7-2-3-8-16/h4-6,18H,2-3,7-12H2,1H3. The first kappa shape index (κ1) is 13.8. The summed E-state index contributed by atoms with van der Waals surface area (Å²) in [5.74, 6) is 0.127. The molecule has 1 heterocycles. The van der Waals surface area contributed by atoms with Crippen molar-refractivity contribution in [1.82, 2.24) is 10.2 Å². The Balaban J connectivity index is 1.71. The summed E-state index contributed by atoms with van der Waals surface area (Å²) in [7, 11) is 1.51. The number of rotatable bonds is 3. The molecular formula is C16H23FN2O. The minimum absolute atomic E-state index is 0.214. The summed E-state index contributed by atoms with van der Waals surface area (Å²) in [5.41, 5.74) is 1.02. The Morgan fingerprint density at radius 2 is 2.15 bits per heavy atom. The highest BCUT2D eigenvalue weighted by Gasteiger charge is 2.37. The largest absolute Gasteiger partial charge is 0.494 e. The van der Waals surface area contributed by atoms with Gasteiger partial charge in [0.1, 0.15) is 0 Å². The number of nitrogens with one attached hydrogen (secondary N) is 1. The molecule has 1 spiro atoms. The minimum atomic E-state index is -0.214. The summed E-state index contributed by atoms with van der Waals surface area (Å²) in [6.07, 6.45) is 5.14. The Morgan fingerprint density at radius 1 is 1.35 bits per heavy atom. The average molecular weight is 278 g/mol. The zero-order chi connectivity index (χ0) is 14.0. The molecule has 1 N–H and O–H groups in total. The number of halogens is 1. The highest BCUT2D eigenvalue weighted by molar-refractivity contribution is 5.31. The molecule has 1 saturated carbocycles. The van der Waals surface area contributed by atoms with Gasteiger partial charge in [-0.1, -0.05) is 25.0 Å². The molecule has 1 aromatic rings. The summed E-state index contributed by atoms with van der Waals surface area (Å²) in [6.45, 7) is 3.69. The lowest BCUT2D eigenvalue weighted by Gasteiger charge is -2.41. The predicted octanol–water partition coefficient (Wildman–Crippen LogP) is 2.55. The molecule has 3 rings (SSSR count). The zero-order valence-corrected chi connectivity index (χ0v) is 12.1. The second-order valence-electron chi connectivity index (χ2n) is 6.06. The first-order valence-electron chi connectivity index (χ1n) is 7.51. The lowest BCUT2D eigenvalue weighted by atomic mass is 9.94. The van der Waals surface area contributed by atoms with Gasteiger partial charge in [-0.25, -0.2) is 4.39 Å². The van der Waals surface area contributed by atoms with Gasteiger partial charge < -0.3 is 10.1 Å². The van der Waals surface area contributed by atoms with Crippen LogP contribution in [0.25, 0.3) is 0 Å². The Morgan fingerprint density at radius 3 is 2.90 bits per heavy atom. The van der Waals surface area contributed by atoms with Crippen LogP contribution in [-0.4, -0.2) is 37.2 Å². The lowest BCUT2D eigenvalue weighted by molar-refractivity contribution is 0.127. The zero-order valence-electron chi connectivity index (χ0n) is 12.1. The van der Waals surface area contributed by atoms with Crippen molar-refractivity contribution in [2.24, 2.45) is 0 Å². The van der Waals surface area contributed by atoms with E-state index in [1.165, 1.54) is 32.8 Å². The van der Waals surface area contributed by atoms with Crippen LogP contribution in [0.1, 0.15) is 31.2 Å². The molecular weight excluding hydrogens is 255 g/mol. The summed E-state index contributed by atoms with van der Waals surface area (Å²) in [4.78, 5) is 2.37. The van der Waals surface area contributed by atoms with Crippen molar-refractivity contribution in [2.75, 3.05) is 26.7 Å². The SMILES string of the molecule is COc1cccc(CN2CCNC3(CCCC3)C2)c1F. The molecule has 1 aromatic carbocycles. The molecule has 2 aliphatic rings. The second kappa shape index (κ2) is 5.70. The van der Waals surface area contributed by atoms with Crippen LogP contribution in [0.5, 0.6) is 5.75 Å². The van der Waals surface area contributed by atoms with E-state index in [0.29, 0.717) is 12.3 Å². The predicted molar refractivity (Wildman–Crippen MR) is 77.4 cm³/mol. The normalized spacial score (nSPS) is 22.3. The molecule has 0 radical (unpaired) electrons. The van der Waals surface area contributed by atoms with E-state index in [9.17, 15) is 4.39 Å². The number of hydrogen-bond acceptors (Lipinski definition) is 3. The van der Waals surface area contributed by atoms with Crippen molar-refractivity contribution in [3.05, 3.63) is 29.6 Å². The summed E-state index contributed by atoms with van der Waals surface area (Å²) >= 11 is 0. The highest BCUT2D eigenvalue weighted by atomic mass is 19.1. The maximum Gasteiger partial charge on any atom is 0.169 e. The number of benzene rings is 1. The maximum absolute atomic E-state index is 14.2. The number of nitrogens with zero attached hydrogens (tertiary/aromatic N) is 1. The van der Waals surface area contributed by atoms with Crippen molar-refractivity contribution in [3.8, 4) is 5.75 Å². The molecule has 110 valence electrons. The van der Waals surface area contributed by atoms with Crippen LogP contribution in [0, 0.1) is 5.82 Å². The molecule has 1 aliphatic heterocycles. The van der Waals surface area contributed by atoms with Gasteiger partial charge in [-0.15, -0.1) is 0 Å². The highest BCUT2D eigenvalue weighted by Crippen LogP contribution is 2.32. The smallest absolute Gasteiger partial charge is 0.169 e. The van der Waals surface area contributed by atoms with Gasteiger partial charge in [0, 0.05) is 37.3 Å². The fourth-order valence-electron chi connectivity index (χ4n) is 3.64. The number of hydrogen-bond donors (Lipinski definition) is 1. The number of piperazine rings is 1. The van der Waals surface area contributed by atoms with Crippen molar-refractivity contribution < 1.29 is 9.13 Å². The third-order valence-corrected chi connectivity index (χ3v) is 4.67. The Labute approximate surface area is 120 Å². The Bertz CT molecular complexity index is 472. The van der Waals surface area contributed by atoms with E-state index in [0.717, 1.165) is 25.2 Å². The van der Waals surface area contributed by atoms with Gasteiger partial charge in [0.2, 0.25) is 0 Å². The first-order chi connectivity index (χ1) is 9.72. The first-order valence-corrected chi connectivity index (χ1v) is 7.51. The van der Waals surface area contributed by atoms with Crippen molar-refractivity contribution >= 4 is 0 Å². The number of methoxy groups -OCH3 is 1. The summed E-state index contributed by atoms with van der Waals surface area (Å²) in [5, 5.41) is 3.69. The molecule has 0 amide bonds. The minimum Gasteiger partial charge on any atom is -0.494 e. The van der Waals surface area contributed by atoms with Crippen LogP contribution in [0.15, 0.2) is 18.2 Å². The number of ether oxygens (including phenoxy) is 1. The van der Waals surface area contributed by atoms with E-state index in [2.05, 4.69) is 10.2 Å². The third kappa shape index (κ3) is 2.67. The van der Waals surface area contributed by atoms with Crippen LogP contribution in [0.3, 0.4) is 0 Å². The quantitative estimate of drug-likeness (QED) is 0.919. The topological polar surface area (TPSA) is 24.5 Å². The average Bonchev–Trinajstić information content (AvgIpc) is 2.89. The van der Waals surface area contributed by atoms with Crippen molar-refractivity contribution in [2.45, 2.75) is 37.8 Å². The van der Waals surface area contributed by atoms with E-state index in [-0.39, 0.29) is 11.4 Å². The molecule has 0 unspecified atom stereocenters. The van der Waals surface area contributed by atoms with Gasteiger partial charge in [-0.2, -0.15) is 0 Å². The van der Waals surface area contributed by atoms with E-state index >= 15 is 0 Å². The lowest BCUT2D eigenvalue weighted by Crippen LogP contribution is -2.58. The molecule has 2 fully saturated rings. The molecule has 1 aliphatic carbocycles. The Hall–Kier alpha value is -1.13. The van der Waals surface area contributed by atoms with Gasteiger partial charge in [-0.05, 0) is 18.9 Å². The van der Waals surface area contributed by atoms with Crippen LogP contribution < -0.4 is 10.1 Å².